The summed E-state index contributed by atoms with van der Waals surface area (Å²) in [4.78, 5) is 11.9. The Morgan fingerprint density at radius 2 is 2.06 bits per heavy atom. The van der Waals surface area contributed by atoms with Crippen molar-refractivity contribution in [3.05, 3.63) is 33.3 Å². The first kappa shape index (κ1) is 13.4. The van der Waals surface area contributed by atoms with E-state index in [-0.39, 0.29) is 5.78 Å². The van der Waals surface area contributed by atoms with E-state index in [0.29, 0.717) is 21.0 Å². The van der Waals surface area contributed by atoms with Crippen LogP contribution in [0.2, 0.25) is 5.02 Å². The van der Waals surface area contributed by atoms with Gasteiger partial charge in [-0.2, -0.15) is 0 Å². The number of benzene rings is 1. The van der Waals surface area contributed by atoms with Gasteiger partial charge in [0.05, 0.1) is 12.1 Å². The van der Waals surface area contributed by atoms with E-state index in [2.05, 4.69) is 15.9 Å². The van der Waals surface area contributed by atoms with Crippen LogP contribution in [-0.2, 0) is 9.53 Å². The molecule has 1 aliphatic rings. The Bertz CT molecular complexity index is 549. The lowest BCUT2D eigenvalue weighted by Gasteiger charge is -2.18. The minimum atomic E-state index is -0.847. The average Bonchev–Trinajstić information content (AvgIpc) is 2.53. The number of carbonyl (C=O) groups excluding carboxylic acids is 1. The highest BCUT2D eigenvalue weighted by molar-refractivity contribution is 9.12. The smallest absolute Gasteiger partial charge is 0.216 e. The second-order valence-electron chi connectivity index (χ2n) is 4.43. The molecule has 96 valence electrons. The highest BCUT2D eigenvalue weighted by atomic mass is 79.9. The van der Waals surface area contributed by atoms with Crippen LogP contribution in [0.25, 0.3) is 5.76 Å². The molecule has 0 fully saturated rings. The molecule has 0 amide bonds. The Labute approximate surface area is 119 Å². The highest BCUT2D eigenvalue weighted by Gasteiger charge is 2.41. The summed E-state index contributed by atoms with van der Waals surface area (Å²) in [5, 5.41) is 0.476. The zero-order chi connectivity index (χ0) is 13.5. The first-order valence-electron chi connectivity index (χ1n) is 5.34. The number of hydrogen-bond donors (Lipinski definition) is 0. The Kier molecular flexibility index (Phi) is 3.43. The topological polar surface area (TPSA) is 35.5 Å². The molecule has 0 aromatic heterocycles. The second-order valence-corrected chi connectivity index (χ2v) is 5.63. The van der Waals surface area contributed by atoms with Gasteiger partial charge in [-0.25, -0.2) is 0 Å². The molecule has 0 aliphatic carbocycles. The summed E-state index contributed by atoms with van der Waals surface area (Å²) in [5.74, 6) is 1.01. The van der Waals surface area contributed by atoms with Crippen molar-refractivity contribution < 1.29 is 14.3 Å². The number of ketones is 1. The molecule has 0 saturated heterocycles. The number of methoxy groups -OCH3 is 1. The fourth-order valence-corrected chi connectivity index (χ4v) is 2.75. The van der Waals surface area contributed by atoms with Crippen molar-refractivity contribution in [1.82, 2.24) is 0 Å². The monoisotopic (exact) mass is 330 g/mol. The van der Waals surface area contributed by atoms with Crippen molar-refractivity contribution in [2.45, 2.75) is 19.4 Å². The Morgan fingerprint density at radius 1 is 1.39 bits per heavy atom. The first-order valence-corrected chi connectivity index (χ1v) is 6.51. The number of rotatable bonds is 2. The molecule has 1 aromatic rings. The van der Waals surface area contributed by atoms with E-state index in [0.717, 1.165) is 5.56 Å². The van der Waals surface area contributed by atoms with E-state index in [9.17, 15) is 4.79 Å². The molecule has 2 rings (SSSR count). The molecule has 18 heavy (non-hydrogen) atoms. The van der Waals surface area contributed by atoms with Crippen molar-refractivity contribution in [1.29, 1.82) is 0 Å². The van der Waals surface area contributed by atoms with Gasteiger partial charge in [0.1, 0.15) is 16.0 Å². The van der Waals surface area contributed by atoms with Crippen molar-refractivity contribution in [2.75, 3.05) is 7.11 Å². The quantitative estimate of drug-likeness (QED) is 0.827. The molecule has 0 spiro atoms. The van der Waals surface area contributed by atoms with E-state index in [1.807, 2.05) is 0 Å². The van der Waals surface area contributed by atoms with Gasteiger partial charge >= 0.3 is 0 Å². The van der Waals surface area contributed by atoms with E-state index in [1.54, 1.807) is 39.2 Å². The number of ether oxygens (including phenoxy) is 2. The van der Waals surface area contributed by atoms with Crippen LogP contribution in [0.15, 0.2) is 22.7 Å². The van der Waals surface area contributed by atoms with Crippen LogP contribution in [-0.4, -0.2) is 18.5 Å². The van der Waals surface area contributed by atoms with Crippen LogP contribution in [0, 0.1) is 0 Å². The minimum absolute atomic E-state index is 0.0792. The second kappa shape index (κ2) is 4.59. The third-order valence-electron chi connectivity index (χ3n) is 2.72. The molecule has 0 radical (unpaired) electrons. The highest BCUT2D eigenvalue weighted by Crippen LogP contribution is 2.40. The van der Waals surface area contributed by atoms with Gasteiger partial charge in [-0.3, -0.25) is 4.79 Å². The molecule has 1 aromatic carbocycles. The summed E-state index contributed by atoms with van der Waals surface area (Å²) in [7, 11) is 1.55. The molecular weight excluding hydrogens is 319 g/mol. The minimum Gasteiger partial charge on any atom is -0.495 e. The van der Waals surface area contributed by atoms with Crippen LogP contribution >= 0.6 is 27.5 Å². The molecule has 1 heterocycles. The van der Waals surface area contributed by atoms with Crippen LogP contribution in [0.3, 0.4) is 0 Å². The molecular formula is C13H12BrClO3. The van der Waals surface area contributed by atoms with E-state index < -0.39 is 5.60 Å². The third-order valence-corrected chi connectivity index (χ3v) is 3.73. The molecule has 1 aliphatic heterocycles. The number of Topliss-reactive ketones (excluding diaryl/α,β-unsaturated/α-hetero) is 1. The molecule has 0 saturated carbocycles. The van der Waals surface area contributed by atoms with Crippen LogP contribution in [0.1, 0.15) is 19.4 Å². The van der Waals surface area contributed by atoms with Gasteiger partial charge in [-0.15, -0.1) is 0 Å². The van der Waals surface area contributed by atoms with Gasteiger partial charge < -0.3 is 9.47 Å². The molecule has 0 N–H and O–H groups in total. The van der Waals surface area contributed by atoms with Crippen molar-refractivity contribution >= 4 is 39.1 Å². The zero-order valence-corrected chi connectivity index (χ0v) is 12.6. The number of halogens is 2. The number of hydrogen-bond acceptors (Lipinski definition) is 3. The zero-order valence-electron chi connectivity index (χ0n) is 10.2. The van der Waals surface area contributed by atoms with E-state index in [1.165, 1.54) is 0 Å². The lowest BCUT2D eigenvalue weighted by Crippen LogP contribution is -2.28. The van der Waals surface area contributed by atoms with Gasteiger partial charge in [0.2, 0.25) is 5.78 Å². The molecule has 3 nitrogen and oxygen atoms in total. The van der Waals surface area contributed by atoms with E-state index >= 15 is 0 Å². The van der Waals surface area contributed by atoms with Crippen LogP contribution in [0.5, 0.6) is 5.75 Å². The van der Waals surface area contributed by atoms with E-state index in [4.69, 9.17) is 21.1 Å². The lowest BCUT2D eigenvalue weighted by atomic mass is 10.1. The maximum Gasteiger partial charge on any atom is 0.216 e. The molecule has 5 heteroatoms. The van der Waals surface area contributed by atoms with Crippen LogP contribution in [0.4, 0.5) is 0 Å². The largest absolute Gasteiger partial charge is 0.495 e. The fraction of sp³-hybridized carbons (Fsp3) is 0.308. The van der Waals surface area contributed by atoms with Crippen molar-refractivity contribution in [2.24, 2.45) is 0 Å². The SMILES string of the molecule is COc1ccc(C2=C(Br)C(=O)C(C)(C)O2)cc1Cl. The normalized spacial score (nSPS) is 17.9. The summed E-state index contributed by atoms with van der Waals surface area (Å²) in [6, 6.07) is 5.26. The van der Waals surface area contributed by atoms with Gasteiger partial charge in [0.25, 0.3) is 0 Å². The van der Waals surface area contributed by atoms with Crippen molar-refractivity contribution in [3.8, 4) is 5.75 Å². The summed E-state index contributed by atoms with van der Waals surface area (Å²) in [6.45, 7) is 3.46. The maximum atomic E-state index is 11.9. The van der Waals surface area contributed by atoms with Gasteiger partial charge in [-0.1, -0.05) is 11.6 Å². The standard InChI is InChI=1S/C13H12BrClO3/c1-13(2)12(16)10(14)11(18-13)7-4-5-9(17-3)8(15)6-7/h4-6H,1-3H3. The Morgan fingerprint density at radius 3 is 2.50 bits per heavy atom. The summed E-state index contributed by atoms with van der Waals surface area (Å²) in [5.41, 5.74) is -0.104. The summed E-state index contributed by atoms with van der Waals surface area (Å²) < 4.78 is 11.2. The van der Waals surface area contributed by atoms with Gasteiger partial charge in [0.15, 0.2) is 5.60 Å². The number of carbonyl (C=O) groups is 1. The first-order chi connectivity index (χ1) is 8.36. The Balaban J connectivity index is 2.45. The molecule has 0 atom stereocenters. The fourth-order valence-electron chi connectivity index (χ4n) is 1.71. The summed E-state index contributed by atoms with van der Waals surface area (Å²) >= 11 is 9.33. The average molecular weight is 332 g/mol. The maximum absolute atomic E-state index is 11.9. The van der Waals surface area contributed by atoms with Crippen LogP contribution < -0.4 is 4.74 Å². The third kappa shape index (κ3) is 2.15. The lowest BCUT2D eigenvalue weighted by molar-refractivity contribution is -0.125. The van der Waals surface area contributed by atoms with Gasteiger partial charge in [-0.05, 0) is 48.0 Å². The molecule has 0 bridgehead atoms. The predicted molar refractivity (Wildman–Crippen MR) is 74.0 cm³/mol. The predicted octanol–water partition coefficient (Wildman–Crippen LogP) is 3.79. The van der Waals surface area contributed by atoms with Crippen molar-refractivity contribution in [3.63, 3.8) is 0 Å². The Hall–Kier alpha value is -1.00. The van der Waals surface area contributed by atoms with Gasteiger partial charge in [0, 0.05) is 5.56 Å². The summed E-state index contributed by atoms with van der Waals surface area (Å²) in [6.07, 6.45) is 0. The molecule has 0 unspecified atom stereocenters.